The quantitative estimate of drug-likeness (QED) is 0.621. The maximum absolute atomic E-state index is 12.0. The fourth-order valence-electron chi connectivity index (χ4n) is 1.97. The van der Waals surface area contributed by atoms with Gasteiger partial charge in [-0.2, -0.15) is 0 Å². The number of carbonyl (C=O) groups is 1. The van der Waals surface area contributed by atoms with Gasteiger partial charge in [0.2, 0.25) is 0 Å². The number of hydrogen-bond donors (Lipinski definition) is 0. The van der Waals surface area contributed by atoms with Gasteiger partial charge in [-0.15, -0.1) is 0 Å². The van der Waals surface area contributed by atoms with Crippen LogP contribution in [0.5, 0.6) is 0 Å². The minimum Gasteiger partial charge on any atom is -0.469 e. The van der Waals surface area contributed by atoms with E-state index in [0.29, 0.717) is 6.54 Å². The van der Waals surface area contributed by atoms with Gasteiger partial charge in [0.15, 0.2) is 9.84 Å². The van der Waals surface area contributed by atoms with Gasteiger partial charge in [-0.05, 0) is 14.0 Å². The molecule has 0 bridgehead atoms. The molecular formula is C12H24N2O4S. The summed E-state index contributed by atoms with van der Waals surface area (Å²) in [4.78, 5) is 15.5. The minimum atomic E-state index is -3.23. The van der Waals surface area contributed by atoms with Gasteiger partial charge < -0.3 is 9.64 Å². The number of methoxy groups -OCH3 is 1. The molecule has 0 N–H and O–H groups in total. The molecule has 1 atom stereocenters. The standard InChI is InChI=1S/C12H24N2O4S/c1-11(10-12(15)18-3)19(16,17)9-8-14-6-4-13(2)5-7-14/h11H,4-10H2,1-3H3. The predicted octanol–water partition coefficient (Wildman–Crippen LogP) is -0.400. The average Bonchev–Trinajstić information content (AvgIpc) is 2.38. The molecule has 1 aliphatic heterocycles. The second-order valence-corrected chi connectivity index (χ2v) is 7.64. The van der Waals surface area contributed by atoms with Crippen LogP contribution in [0.1, 0.15) is 13.3 Å². The number of carbonyl (C=O) groups excluding carboxylic acids is 1. The van der Waals surface area contributed by atoms with Crippen molar-refractivity contribution in [2.75, 3.05) is 52.6 Å². The van der Waals surface area contributed by atoms with Crippen molar-refractivity contribution in [3.8, 4) is 0 Å². The number of nitrogens with zero attached hydrogens (tertiary/aromatic N) is 2. The number of piperazine rings is 1. The van der Waals surface area contributed by atoms with Gasteiger partial charge in [0.1, 0.15) is 0 Å². The first-order valence-electron chi connectivity index (χ1n) is 6.54. The van der Waals surface area contributed by atoms with Crippen molar-refractivity contribution in [2.45, 2.75) is 18.6 Å². The van der Waals surface area contributed by atoms with E-state index in [-0.39, 0.29) is 12.2 Å². The summed E-state index contributed by atoms with van der Waals surface area (Å²) >= 11 is 0. The highest BCUT2D eigenvalue weighted by Gasteiger charge is 2.25. The summed E-state index contributed by atoms with van der Waals surface area (Å²) in [5.41, 5.74) is 0. The monoisotopic (exact) mass is 292 g/mol. The molecule has 6 nitrogen and oxygen atoms in total. The number of ether oxygens (including phenoxy) is 1. The Morgan fingerprint density at radius 2 is 1.84 bits per heavy atom. The highest BCUT2D eigenvalue weighted by molar-refractivity contribution is 7.92. The van der Waals surface area contributed by atoms with E-state index in [0.717, 1.165) is 26.2 Å². The van der Waals surface area contributed by atoms with Gasteiger partial charge in [0, 0.05) is 32.7 Å². The highest BCUT2D eigenvalue weighted by Crippen LogP contribution is 2.09. The van der Waals surface area contributed by atoms with Crippen LogP contribution in [0.25, 0.3) is 0 Å². The summed E-state index contributed by atoms with van der Waals surface area (Å²) < 4.78 is 28.6. The molecule has 1 fully saturated rings. The summed E-state index contributed by atoms with van der Waals surface area (Å²) in [5, 5.41) is -0.674. The normalized spacial score (nSPS) is 20.2. The lowest BCUT2D eigenvalue weighted by molar-refractivity contribution is -0.140. The molecule has 0 aliphatic carbocycles. The lowest BCUT2D eigenvalue weighted by Crippen LogP contribution is -2.46. The molecule has 1 heterocycles. The van der Waals surface area contributed by atoms with Crippen LogP contribution in [0, 0.1) is 0 Å². The molecule has 0 amide bonds. The first-order chi connectivity index (χ1) is 8.85. The van der Waals surface area contributed by atoms with Crippen molar-refractivity contribution >= 4 is 15.8 Å². The number of sulfone groups is 1. The summed E-state index contributed by atoms with van der Waals surface area (Å²) in [6.07, 6.45) is -0.0679. The SMILES string of the molecule is COC(=O)CC(C)S(=O)(=O)CCN1CCN(C)CC1. The first kappa shape index (κ1) is 16.4. The molecule has 1 aliphatic rings. The van der Waals surface area contributed by atoms with E-state index in [1.54, 1.807) is 6.92 Å². The van der Waals surface area contributed by atoms with Crippen LogP contribution in [-0.2, 0) is 19.4 Å². The second kappa shape index (κ2) is 7.21. The minimum absolute atomic E-state index is 0.0679. The zero-order valence-corrected chi connectivity index (χ0v) is 12.8. The first-order valence-corrected chi connectivity index (χ1v) is 8.26. The van der Waals surface area contributed by atoms with Gasteiger partial charge in [-0.3, -0.25) is 9.69 Å². The highest BCUT2D eigenvalue weighted by atomic mass is 32.2. The van der Waals surface area contributed by atoms with Crippen molar-refractivity contribution in [2.24, 2.45) is 0 Å². The van der Waals surface area contributed by atoms with E-state index in [4.69, 9.17) is 0 Å². The molecule has 0 spiro atoms. The summed E-state index contributed by atoms with van der Waals surface area (Å²) in [7, 11) is 0.0973. The number of rotatable bonds is 6. The van der Waals surface area contributed by atoms with E-state index in [2.05, 4.69) is 21.6 Å². The van der Waals surface area contributed by atoms with Crippen LogP contribution in [0.3, 0.4) is 0 Å². The largest absolute Gasteiger partial charge is 0.469 e. The molecule has 112 valence electrons. The van der Waals surface area contributed by atoms with Crippen LogP contribution in [0.4, 0.5) is 0 Å². The van der Waals surface area contributed by atoms with Crippen molar-refractivity contribution in [1.29, 1.82) is 0 Å². The van der Waals surface area contributed by atoms with Crippen molar-refractivity contribution in [1.82, 2.24) is 9.80 Å². The van der Waals surface area contributed by atoms with Gasteiger partial charge in [-0.25, -0.2) is 8.42 Å². The maximum atomic E-state index is 12.0. The summed E-state index contributed by atoms with van der Waals surface area (Å²) in [6.45, 7) is 5.85. The van der Waals surface area contributed by atoms with E-state index < -0.39 is 21.1 Å². The van der Waals surface area contributed by atoms with E-state index >= 15 is 0 Å². The topological polar surface area (TPSA) is 66.9 Å². The van der Waals surface area contributed by atoms with E-state index in [1.807, 2.05) is 0 Å². The molecule has 0 radical (unpaired) electrons. The zero-order valence-electron chi connectivity index (χ0n) is 12.0. The molecule has 1 saturated heterocycles. The maximum Gasteiger partial charge on any atom is 0.306 e. The van der Waals surface area contributed by atoms with Gasteiger partial charge in [0.25, 0.3) is 0 Å². The Balaban J connectivity index is 2.40. The lowest BCUT2D eigenvalue weighted by atomic mass is 10.3. The predicted molar refractivity (Wildman–Crippen MR) is 73.8 cm³/mol. The Morgan fingerprint density at radius 1 is 1.26 bits per heavy atom. The van der Waals surface area contributed by atoms with Crippen molar-refractivity contribution in [3.05, 3.63) is 0 Å². The Kier molecular flexibility index (Phi) is 6.22. The van der Waals surface area contributed by atoms with Crippen LogP contribution in [0.2, 0.25) is 0 Å². The molecule has 0 aromatic heterocycles. The van der Waals surface area contributed by atoms with Crippen LogP contribution in [0.15, 0.2) is 0 Å². The Hall–Kier alpha value is -0.660. The van der Waals surface area contributed by atoms with Crippen LogP contribution < -0.4 is 0 Å². The van der Waals surface area contributed by atoms with E-state index in [1.165, 1.54) is 7.11 Å². The lowest BCUT2D eigenvalue weighted by Gasteiger charge is -2.32. The van der Waals surface area contributed by atoms with Crippen molar-refractivity contribution < 1.29 is 17.9 Å². The van der Waals surface area contributed by atoms with Gasteiger partial charge >= 0.3 is 5.97 Å². The fraction of sp³-hybridized carbons (Fsp3) is 0.917. The van der Waals surface area contributed by atoms with Gasteiger partial charge in [0.05, 0.1) is 24.5 Å². The van der Waals surface area contributed by atoms with Crippen molar-refractivity contribution in [3.63, 3.8) is 0 Å². The summed E-state index contributed by atoms with van der Waals surface area (Å²) in [6, 6.07) is 0. The molecule has 7 heteroatoms. The smallest absolute Gasteiger partial charge is 0.306 e. The third kappa shape index (κ3) is 5.46. The number of esters is 1. The van der Waals surface area contributed by atoms with E-state index in [9.17, 15) is 13.2 Å². The third-order valence-electron chi connectivity index (χ3n) is 3.58. The summed E-state index contributed by atoms with van der Waals surface area (Å²) in [5.74, 6) is -0.370. The molecule has 0 aromatic carbocycles. The Bertz CT molecular complexity index is 389. The molecule has 1 rings (SSSR count). The molecule has 19 heavy (non-hydrogen) atoms. The number of hydrogen-bond acceptors (Lipinski definition) is 6. The molecule has 0 saturated carbocycles. The Labute approximate surface area is 115 Å². The number of likely N-dealkylation sites (N-methyl/N-ethyl adjacent to an activating group) is 1. The molecule has 0 aromatic rings. The fourth-order valence-corrected chi connectivity index (χ4v) is 3.28. The van der Waals surface area contributed by atoms with Crippen LogP contribution in [-0.4, -0.2) is 82.1 Å². The average molecular weight is 292 g/mol. The van der Waals surface area contributed by atoms with Gasteiger partial charge in [-0.1, -0.05) is 0 Å². The zero-order chi connectivity index (χ0) is 14.5. The molecular weight excluding hydrogens is 268 g/mol. The second-order valence-electron chi connectivity index (χ2n) is 5.10. The third-order valence-corrected chi connectivity index (χ3v) is 5.73. The Morgan fingerprint density at radius 3 is 2.37 bits per heavy atom. The molecule has 1 unspecified atom stereocenters. The van der Waals surface area contributed by atoms with Crippen LogP contribution >= 0.6 is 0 Å².